The Morgan fingerprint density at radius 1 is 1.07 bits per heavy atom. The van der Waals surface area contributed by atoms with Gasteiger partial charge in [-0.25, -0.2) is 13.2 Å². The van der Waals surface area contributed by atoms with Gasteiger partial charge < -0.3 is 10.8 Å². The Hall–Kier alpha value is -3.13. The highest BCUT2D eigenvalue weighted by Crippen LogP contribution is 2.27. The summed E-state index contributed by atoms with van der Waals surface area (Å²) in [5.41, 5.74) is 6.79. The lowest BCUT2D eigenvalue weighted by molar-refractivity contribution is -0.137. The lowest BCUT2D eigenvalue weighted by atomic mass is 10.2. The highest BCUT2D eigenvalue weighted by molar-refractivity contribution is 7.92. The van der Waals surface area contributed by atoms with E-state index in [1.807, 2.05) is 6.92 Å². The predicted octanol–water partition coefficient (Wildman–Crippen LogP) is 2.16. The minimum atomic E-state index is -4.12. The van der Waals surface area contributed by atoms with E-state index < -0.39 is 27.9 Å². The van der Waals surface area contributed by atoms with Crippen LogP contribution in [0.5, 0.6) is 0 Å². The molecule has 8 heteroatoms. The number of carboxylic acids is 1. The van der Waals surface area contributed by atoms with E-state index in [0.717, 1.165) is 15.9 Å². The minimum absolute atomic E-state index is 0.0626. The summed E-state index contributed by atoms with van der Waals surface area (Å²) in [7, 11) is -4.12. The molecule has 0 aliphatic rings. The number of hydrogen-bond acceptors (Lipinski definition) is 4. The zero-order valence-corrected chi connectivity index (χ0v) is 15.7. The molecule has 0 fully saturated rings. The van der Waals surface area contributed by atoms with Crippen molar-refractivity contribution in [3.05, 3.63) is 65.7 Å². The maximum Gasteiger partial charge on any atom is 0.327 e. The molecular formula is C19H20N2O5S. The van der Waals surface area contributed by atoms with Gasteiger partial charge in [0.2, 0.25) is 5.91 Å². The number of rotatable bonds is 7. The molecular weight excluding hydrogens is 368 g/mol. The second kappa shape index (κ2) is 8.05. The highest BCUT2D eigenvalue weighted by atomic mass is 32.2. The number of primary amides is 1. The molecule has 1 atom stereocenters. The lowest BCUT2D eigenvalue weighted by Crippen LogP contribution is -2.43. The smallest absolute Gasteiger partial charge is 0.327 e. The van der Waals surface area contributed by atoms with Crippen LogP contribution in [0, 0.1) is 6.92 Å². The first-order chi connectivity index (χ1) is 12.6. The average Bonchev–Trinajstić information content (AvgIpc) is 2.61. The van der Waals surface area contributed by atoms with Crippen molar-refractivity contribution in [2.24, 2.45) is 5.73 Å². The maximum absolute atomic E-state index is 13.1. The van der Waals surface area contributed by atoms with Gasteiger partial charge in [0.1, 0.15) is 6.04 Å². The van der Waals surface area contributed by atoms with Crippen molar-refractivity contribution in [3.8, 4) is 0 Å². The van der Waals surface area contributed by atoms with Crippen molar-refractivity contribution in [2.45, 2.75) is 24.8 Å². The summed E-state index contributed by atoms with van der Waals surface area (Å²) in [5.74, 6) is -1.88. The first-order valence-corrected chi connectivity index (χ1v) is 9.48. The van der Waals surface area contributed by atoms with Gasteiger partial charge in [-0.05, 0) is 49.8 Å². The van der Waals surface area contributed by atoms with E-state index in [4.69, 9.17) is 5.73 Å². The molecule has 0 bridgehead atoms. The molecule has 27 heavy (non-hydrogen) atoms. The van der Waals surface area contributed by atoms with Gasteiger partial charge in [-0.15, -0.1) is 0 Å². The third kappa shape index (κ3) is 4.73. The van der Waals surface area contributed by atoms with Crippen molar-refractivity contribution in [1.29, 1.82) is 0 Å². The molecule has 0 aliphatic heterocycles. The summed E-state index contributed by atoms with van der Waals surface area (Å²) in [5, 5.41) is 9.39. The topological polar surface area (TPSA) is 118 Å². The maximum atomic E-state index is 13.1. The number of carbonyl (C=O) groups is 2. The summed E-state index contributed by atoms with van der Waals surface area (Å²) in [4.78, 5) is 22.2. The number of nitrogens with two attached hydrogens (primary N) is 1. The van der Waals surface area contributed by atoms with Crippen molar-refractivity contribution in [1.82, 2.24) is 0 Å². The van der Waals surface area contributed by atoms with Crippen LogP contribution in [0.4, 0.5) is 5.69 Å². The highest BCUT2D eigenvalue weighted by Gasteiger charge is 2.33. The first kappa shape index (κ1) is 20.2. The Morgan fingerprint density at radius 3 is 2.11 bits per heavy atom. The van der Waals surface area contributed by atoms with Crippen LogP contribution in [0.2, 0.25) is 0 Å². The Labute approximate surface area is 157 Å². The van der Waals surface area contributed by atoms with Gasteiger partial charge in [0.25, 0.3) is 10.0 Å². The SMILES string of the molecule is Cc1ccc(N(C(C)C(=O)O)S(=O)(=O)c2ccc(/C=C/C(N)=O)cc2)cc1. The van der Waals surface area contributed by atoms with Gasteiger partial charge >= 0.3 is 5.97 Å². The van der Waals surface area contributed by atoms with Gasteiger partial charge in [0.15, 0.2) is 0 Å². The average molecular weight is 388 g/mol. The number of aliphatic carboxylic acids is 1. The summed E-state index contributed by atoms with van der Waals surface area (Å²) >= 11 is 0. The second-order valence-corrected chi connectivity index (χ2v) is 7.77. The number of aryl methyl sites for hydroxylation is 1. The molecule has 0 aliphatic carbocycles. The van der Waals surface area contributed by atoms with E-state index in [1.54, 1.807) is 24.3 Å². The fourth-order valence-electron chi connectivity index (χ4n) is 2.41. The molecule has 2 rings (SSSR count). The quantitative estimate of drug-likeness (QED) is 0.705. The van der Waals surface area contributed by atoms with Crippen molar-refractivity contribution < 1.29 is 23.1 Å². The van der Waals surface area contributed by atoms with Crippen molar-refractivity contribution in [3.63, 3.8) is 0 Å². The molecule has 0 spiro atoms. The van der Waals surface area contributed by atoms with Gasteiger partial charge in [-0.3, -0.25) is 9.10 Å². The second-order valence-electron chi connectivity index (χ2n) is 5.96. The molecule has 2 aromatic rings. The zero-order chi connectivity index (χ0) is 20.2. The zero-order valence-electron chi connectivity index (χ0n) is 14.9. The molecule has 0 radical (unpaired) electrons. The predicted molar refractivity (Wildman–Crippen MR) is 103 cm³/mol. The molecule has 3 N–H and O–H groups in total. The first-order valence-electron chi connectivity index (χ1n) is 8.04. The van der Waals surface area contributed by atoms with Crippen LogP contribution in [-0.2, 0) is 19.6 Å². The number of anilines is 1. The van der Waals surface area contributed by atoms with Crippen LogP contribution in [0.25, 0.3) is 6.08 Å². The van der Waals surface area contributed by atoms with Gasteiger partial charge in [-0.2, -0.15) is 0 Å². The number of benzene rings is 2. The van der Waals surface area contributed by atoms with E-state index in [1.165, 1.54) is 37.3 Å². The number of carbonyl (C=O) groups excluding carboxylic acids is 1. The molecule has 7 nitrogen and oxygen atoms in total. The van der Waals surface area contributed by atoms with E-state index in [2.05, 4.69) is 0 Å². The third-order valence-corrected chi connectivity index (χ3v) is 5.79. The number of amides is 1. The molecule has 2 aromatic carbocycles. The molecule has 0 aromatic heterocycles. The third-order valence-electron chi connectivity index (χ3n) is 3.87. The Kier molecular flexibility index (Phi) is 6.02. The largest absolute Gasteiger partial charge is 0.480 e. The molecule has 1 unspecified atom stereocenters. The normalized spacial score (nSPS) is 12.7. The Morgan fingerprint density at radius 2 is 1.63 bits per heavy atom. The summed E-state index contributed by atoms with van der Waals surface area (Å²) in [6.07, 6.45) is 2.62. The number of hydrogen-bond donors (Lipinski definition) is 2. The summed E-state index contributed by atoms with van der Waals surface area (Å²) < 4.78 is 27.1. The van der Waals surface area contributed by atoms with Gasteiger partial charge in [0, 0.05) is 6.08 Å². The van der Waals surface area contributed by atoms with E-state index in [0.29, 0.717) is 5.56 Å². The molecule has 0 saturated carbocycles. The Bertz CT molecular complexity index is 964. The van der Waals surface area contributed by atoms with Crippen LogP contribution in [-0.4, -0.2) is 31.4 Å². The van der Waals surface area contributed by atoms with E-state index >= 15 is 0 Å². The molecule has 142 valence electrons. The number of sulfonamides is 1. The minimum Gasteiger partial charge on any atom is -0.480 e. The molecule has 0 saturated heterocycles. The van der Waals surface area contributed by atoms with E-state index in [9.17, 15) is 23.1 Å². The van der Waals surface area contributed by atoms with Crippen molar-refractivity contribution >= 4 is 33.7 Å². The van der Waals surface area contributed by atoms with Crippen LogP contribution in [0.1, 0.15) is 18.1 Å². The molecule has 0 heterocycles. The number of carboxylic acid groups (broad SMARTS) is 1. The van der Waals surface area contributed by atoms with E-state index in [-0.39, 0.29) is 10.6 Å². The lowest BCUT2D eigenvalue weighted by Gasteiger charge is -2.28. The fraction of sp³-hybridized carbons (Fsp3) is 0.158. The monoisotopic (exact) mass is 388 g/mol. The summed E-state index contributed by atoms with van der Waals surface area (Å²) in [6, 6.07) is 11.0. The van der Waals surface area contributed by atoms with Crippen LogP contribution < -0.4 is 10.0 Å². The van der Waals surface area contributed by atoms with Crippen LogP contribution in [0.15, 0.2) is 59.5 Å². The summed E-state index contributed by atoms with van der Waals surface area (Å²) in [6.45, 7) is 3.16. The van der Waals surface area contributed by atoms with Crippen molar-refractivity contribution in [2.75, 3.05) is 4.31 Å². The molecule has 1 amide bonds. The van der Waals surface area contributed by atoms with Gasteiger partial charge in [-0.1, -0.05) is 29.8 Å². The fourth-order valence-corrected chi connectivity index (χ4v) is 4.02. The van der Waals surface area contributed by atoms with Gasteiger partial charge in [0.05, 0.1) is 10.6 Å². The van der Waals surface area contributed by atoms with Crippen LogP contribution >= 0.6 is 0 Å². The number of nitrogens with zero attached hydrogens (tertiary/aromatic N) is 1. The Balaban J connectivity index is 2.48. The van der Waals surface area contributed by atoms with Crippen LogP contribution in [0.3, 0.4) is 0 Å². The standard InChI is InChI=1S/C19H20N2O5S/c1-13-3-8-16(9-4-13)21(14(2)19(23)24)27(25,26)17-10-5-15(6-11-17)7-12-18(20)22/h3-12,14H,1-2H3,(H2,20,22)(H,23,24)/b12-7+.